The number of hydrogen-bond donors (Lipinski definition) is 0. The van der Waals surface area contributed by atoms with E-state index in [2.05, 4.69) is 15.9 Å². The van der Waals surface area contributed by atoms with Gasteiger partial charge < -0.3 is 4.74 Å². The molecular weight excluding hydrogens is 394 g/mol. The predicted octanol–water partition coefficient (Wildman–Crippen LogP) is 5.73. The molecular formula is C12H6BrCl3O2S. The summed E-state index contributed by atoms with van der Waals surface area (Å²) in [5.74, 6) is 0.310. The lowest BCUT2D eigenvalue weighted by molar-refractivity contribution is 0.0921. The van der Waals surface area contributed by atoms with Crippen molar-refractivity contribution in [3.8, 4) is 5.75 Å². The number of benzene rings is 1. The normalized spacial score (nSPS) is 10.5. The fraction of sp³-hybridized carbons (Fsp3) is 0.0833. The van der Waals surface area contributed by atoms with Gasteiger partial charge in [-0.2, -0.15) is 0 Å². The van der Waals surface area contributed by atoms with Gasteiger partial charge in [-0.1, -0.05) is 34.8 Å². The first-order chi connectivity index (χ1) is 8.97. The van der Waals surface area contributed by atoms with E-state index in [-0.39, 0.29) is 12.4 Å². The largest absolute Gasteiger partial charge is 0.484 e. The molecule has 0 fully saturated rings. The summed E-state index contributed by atoms with van der Waals surface area (Å²) >= 11 is 22.0. The molecule has 2 aromatic rings. The van der Waals surface area contributed by atoms with Crippen LogP contribution in [0.4, 0.5) is 0 Å². The van der Waals surface area contributed by atoms with Crippen molar-refractivity contribution >= 4 is 67.9 Å². The van der Waals surface area contributed by atoms with Crippen molar-refractivity contribution in [1.29, 1.82) is 0 Å². The fourth-order valence-electron chi connectivity index (χ4n) is 1.34. The Morgan fingerprint density at radius 3 is 2.58 bits per heavy atom. The highest BCUT2D eigenvalue weighted by atomic mass is 79.9. The van der Waals surface area contributed by atoms with Gasteiger partial charge in [-0.25, -0.2) is 0 Å². The summed E-state index contributed by atoms with van der Waals surface area (Å²) in [6.07, 6.45) is 0. The van der Waals surface area contributed by atoms with Gasteiger partial charge in [0.25, 0.3) is 0 Å². The van der Waals surface area contributed by atoms with Gasteiger partial charge in [0.05, 0.1) is 14.4 Å². The van der Waals surface area contributed by atoms with Crippen LogP contribution in [0.3, 0.4) is 0 Å². The van der Waals surface area contributed by atoms with Crippen LogP contribution in [0.5, 0.6) is 5.75 Å². The number of halogens is 4. The first-order valence-corrected chi connectivity index (χ1v) is 7.77. The van der Waals surface area contributed by atoms with Crippen LogP contribution in [0.1, 0.15) is 10.4 Å². The highest BCUT2D eigenvalue weighted by Gasteiger charge is 2.15. The van der Waals surface area contributed by atoms with Crippen LogP contribution in [0.15, 0.2) is 28.7 Å². The van der Waals surface area contributed by atoms with Gasteiger partial charge in [0.2, 0.25) is 5.78 Å². The second kappa shape index (κ2) is 6.46. The zero-order chi connectivity index (χ0) is 14.0. The highest BCUT2D eigenvalue weighted by molar-refractivity contribution is 9.10. The van der Waals surface area contributed by atoms with E-state index >= 15 is 0 Å². The van der Waals surface area contributed by atoms with E-state index < -0.39 is 0 Å². The second-order valence-electron chi connectivity index (χ2n) is 3.52. The Kier molecular flexibility index (Phi) is 5.15. The zero-order valence-electron chi connectivity index (χ0n) is 9.25. The maximum Gasteiger partial charge on any atom is 0.202 e. The van der Waals surface area contributed by atoms with E-state index in [1.54, 1.807) is 18.2 Å². The second-order valence-corrected chi connectivity index (χ2v) is 7.10. The molecule has 0 N–H and O–H groups in total. The van der Waals surface area contributed by atoms with Gasteiger partial charge in [-0.15, -0.1) is 11.3 Å². The number of Topliss-reactive ketones (excluding diaryl/α,β-unsaturated/α-hetero) is 1. The molecule has 2 nitrogen and oxygen atoms in total. The molecule has 0 aliphatic heterocycles. The van der Waals surface area contributed by atoms with Gasteiger partial charge in [0.1, 0.15) is 10.1 Å². The topological polar surface area (TPSA) is 26.3 Å². The summed E-state index contributed by atoms with van der Waals surface area (Å²) in [7, 11) is 0. The number of carbonyl (C=O) groups is 1. The average molecular weight is 401 g/mol. The molecule has 0 amide bonds. The van der Waals surface area contributed by atoms with E-state index in [0.29, 0.717) is 29.5 Å². The Labute approximate surface area is 137 Å². The van der Waals surface area contributed by atoms with Crippen LogP contribution in [-0.2, 0) is 0 Å². The molecule has 0 saturated carbocycles. The van der Waals surface area contributed by atoms with Crippen molar-refractivity contribution in [1.82, 2.24) is 0 Å². The van der Waals surface area contributed by atoms with E-state index in [9.17, 15) is 4.79 Å². The average Bonchev–Trinajstić information content (AvgIpc) is 2.67. The highest BCUT2D eigenvalue weighted by Crippen LogP contribution is 2.32. The lowest BCUT2D eigenvalue weighted by Gasteiger charge is -2.07. The molecule has 7 heteroatoms. The van der Waals surface area contributed by atoms with Crippen LogP contribution in [0, 0.1) is 0 Å². The van der Waals surface area contributed by atoms with E-state index in [4.69, 9.17) is 39.5 Å². The Morgan fingerprint density at radius 1 is 1.26 bits per heavy atom. The molecule has 1 aromatic heterocycles. The summed E-state index contributed by atoms with van der Waals surface area (Å²) in [6.45, 7) is -0.118. The number of ether oxygens (including phenoxy) is 1. The number of rotatable bonds is 4. The van der Waals surface area contributed by atoms with Gasteiger partial charge in [0, 0.05) is 5.02 Å². The van der Waals surface area contributed by atoms with E-state index in [0.717, 1.165) is 11.3 Å². The SMILES string of the molecule is O=C(COc1ccc(Cl)cc1Br)c1cc(Cl)sc1Cl. The molecule has 2 rings (SSSR count). The maximum absolute atomic E-state index is 11.9. The molecule has 1 aromatic carbocycles. The molecule has 0 radical (unpaired) electrons. The third kappa shape index (κ3) is 3.86. The number of ketones is 1. The van der Waals surface area contributed by atoms with Crippen molar-refractivity contribution in [2.45, 2.75) is 0 Å². The summed E-state index contributed by atoms with van der Waals surface area (Å²) in [5.41, 5.74) is 0.377. The number of hydrogen-bond acceptors (Lipinski definition) is 3. The minimum Gasteiger partial charge on any atom is -0.484 e. The Morgan fingerprint density at radius 2 is 2.00 bits per heavy atom. The Bertz CT molecular complexity index is 627. The van der Waals surface area contributed by atoms with Crippen LogP contribution < -0.4 is 4.74 Å². The summed E-state index contributed by atoms with van der Waals surface area (Å²) in [6, 6.07) is 6.59. The van der Waals surface area contributed by atoms with Crippen LogP contribution in [0.2, 0.25) is 13.7 Å². The third-order valence-electron chi connectivity index (χ3n) is 2.21. The summed E-state index contributed by atoms with van der Waals surface area (Å²) < 4.78 is 6.95. The molecule has 0 atom stereocenters. The quantitative estimate of drug-likeness (QED) is 0.613. The van der Waals surface area contributed by atoms with Crippen LogP contribution in [0.25, 0.3) is 0 Å². The maximum atomic E-state index is 11.9. The molecule has 0 aliphatic carbocycles. The molecule has 0 spiro atoms. The van der Waals surface area contributed by atoms with Gasteiger partial charge in [-0.05, 0) is 40.2 Å². The van der Waals surface area contributed by atoms with Crippen molar-refractivity contribution in [3.05, 3.63) is 48.0 Å². The van der Waals surface area contributed by atoms with Crippen LogP contribution >= 0.6 is 62.1 Å². The molecule has 0 saturated heterocycles. The molecule has 0 aliphatic rings. The minimum absolute atomic E-state index is 0.118. The first kappa shape index (κ1) is 15.1. The van der Waals surface area contributed by atoms with Crippen molar-refractivity contribution in [3.63, 3.8) is 0 Å². The number of carbonyl (C=O) groups excluding carboxylic acids is 1. The zero-order valence-corrected chi connectivity index (χ0v) is 13.9. The lowest BCUT2D eigenvalue weighted by atomic mass is 10.2. The summed E-state index contributed by atoms with van der Waals surface area (Å²) in [4.78, 5) is 11.9. The Hall–Kier alpha value is -0.260. The first-order valence-electron chi connectivity index (χ1n) is 5.03. The molecule has 0 unspecified atom stereocenters. The van der Waals surface area contributed by atoms with Gasteiger partial charge in [-0.3, -0.25) is 4.79 Å². The van der Waals surface area contributed by atoms with Crippen molar-refractivity contribution in [2.75, 3.05) is 6.61 Å². The van der Waals surface area contributed by atoms with Crippen molar-refractivity contribution < 1.29 is 9.53 Å². The molecule has 100 valence electrons. The van der Waals surface area contributed by atoms with E-state index in [1.165, 1.54) is 6.07 Å². The van der Waals surface area contributed by atoms with Crippen molar-refractivity contribution in [2.24, 2.45) is 0 Å². The third-order valence-corrected chi connectivity index (χ3v) is 4.55. The molecule has 19 heavy (non-hydrogen) atoms. The lowest BCUT2D eigenvalue weighted by Crippen LogP contribution is -2.11. The fourth-order valence-corrected chi connectivity index (χ4v) is 3.64. The monoisotopic (exact) mass is 398 g/mol. The minimum atomic E-state index is -0.227. The summed E-state index contributed by atoms with van der Waals surface area (Å²) in [5, 5.41) is 0.582. The standard InChI is InChI=1S/C12H6BrCl3O2S/c13-8-3-6(14)1-2-10(8)18-5-9(17)7-4-11(15)19-12(7)16/h1-4H,5H2. The molecule has 1 heterocycles. The van der Waals surface area contributed by atoms with Gasteiger partial charge >= 0.3 is 0 Å². The Balaban J connectivity index is 2.06. The number of thiophene rings is 1. The predicted molar refractivity (Wildman–Crippen MR) is 83.3 cm³/mol. The smallest absolute Gasteiger partial charge is 0.202 e. The van der Waals surface area contributed by atoms with Crippen LogP contribution in [-0.4, -0.2) is 12.4 Å². The van der Waals surface area contributed by atoms with E-state index in [1.807, 2.05) is 0 Å². The van der Waals surface area contributed by atoms with Gasteiger partial charge in [0.15, 0.2) is 6.61 Å². The molecule has 0 bridgehead atoms.